The number of ether oxygens (including phenoxy) is 2. The first-order chi connectivity index (χ1) is 17.6. The fourth-order valence-electron chi connectivity index (χ4n) is 3.63. The summed E-state index contributed by atoms with van der Waals surface area (Å²) in [7, 11) is -4.24. The molecule has 1 aromatic carbocycles. The lowest BCUT2D eigenvalue weighted by Gasteiger charge is -2.25. The number of nitrogens with zero attached hydrogens (tertiary/aromatic N) is 4. The van der Waals surface area contributed by atoms with E-state index in [2.05, 4.69) is 20.0 Å². The Balaban J connectivity index is 1.50. The van der Waals surface area contributed by atoms with Crippen molar-refractivity contribution in [3.63, 3.8) is 0 Å². The van der Waals surface area contributed by atoms with E-state index in [0.717, 1.165) is 0 Å². The Bertz CT molecular complexity index is 1280. The standard InChI is InChI=1S/C22H28FN6O7P/c1-12(2)34-22(31)13(3)28-37(32,36-14-7-5-4-6-8-14)33-9-15-18(30)16(23)21(35-15)29-11-27-17-19(24)25-10-26-20(17)29/h4-8,10-13,15-16,18,21,30H,9H2,1-3H3,(H,28,32)(H2,24,25,26). The van der Waals surface area contributed by atoms with E-state index < -0.39 is 57.1 Å². The summed E-state index contributed by atoms with van der Waals surface area (Å²) >= 11 is 0. The number of benzene rings is 1. The third-order valence-electron chi connectivity index (χ3n) is 5.39. The molecule has 0 amide bonds. The summed E-state index contributed by atoms with van der Waals surface area (Å²) in [6.07, 6.45) is -4.03. The first-order valence-electron chi connectivity index (χ1n) is 11.5. The van der Waals surface area contributed by atoms with E-state index in [1.54, 1.807) is 44.2 Å². The van der Waals surface area contributed by atoms with Crippen LogP contribution in [0.15, 0.2) is 43.0 Å². The molecule has 1 fully saturated rings. The van der Waals surface area contributed by atoms with Crippen LogP contribution < -0.4 is 15.3 Å². The number of nitrogens with two attached hydrogens (primary N) is 1. The number of imidazole rings is 1. The lowest BCUT2D eigenvalue weighted by molar-refractivity contribution is -0.149. The number of hydrogen-bond acceptors (Lipinski definition) is 11. The molecule has 15 heteroatoms. The third-order valence-corrected chi connectivity index (χ3v) is 7.03. The minimum atomic E-state index is -4.24. The molecule has 0 radical (unpaired) electrons. The summed E-state index contributed by atoms with van der Waals surface area (Å²) in [5.74, 6) is -0.378. The van der Waals surface area contributed by atoms with Gasteiger partial charge in [-0.2, -0.15) is 5.09 Å². The molecule has 3 aromatic rings. The number of para-hydroxylation sites is 1. The van der Waals surface area contributed by atoms with Gasteiger partial charge in [0.2, 0.25) is 0 Å². The highest BCUT2D eigenvalue weighted by Gasteiger charge is 2.47. The number of rotatable bonds is 10. The zero-order valence-corrected chi connectivity index (χ0v) is 21.2. The van der Waals surface area contributed by atoms with Gasteiger partial charge in [-0.3, -0.25) is 13.9 Å². The number of alkyl halides is 1. The van der Waals surface area contributed by atoms with Crippen LogP contribution in [-0.2, 0) is 23.4 Å². The Labute approximate surface area is 211 Å². The number of carbonyl (C=O) groups is 1. The number of fused-ring (bicyclic) bond motifs is 1. The molecule has 0 bridgehead atoms. The number of nitrogen functional groups attached to an aromatic ring is 1. The van der Waals surface area contributed by atoms with Crippen molar-refractivity contribution in [1.29, 1.82) is 0 Å². The van der Waals surface area contributed by atoms with Crippen LogP contribution in [0.3, 0.4) is 0 Å². The monoisotopic (exact) mass is 538 g/mol. The van der Waals surface area contributed by atoms with Crippen LogP contribution in [0.2, 0.25) is 0 Å². The molecule has 200 valence electrons. The maximum Gasteiger partial charge on any atom is 0.459 e. The van der Waals surface area contributed by atoms with Gasteiger partial charge in [0.1, 0.15) is 35.8 Å². The fourth-order valence-corrected chi connectivity index (χ4v) is 5.13. The van der Waals surface area contributed by atoms with Crippen LogP contribution in [-0.4, -0.2) is 67.7 Å². The smallest absolute Gasteiger partial charge is 0.459 e. The Hall–Kier alpha value is -3.16. The minimum Gasteiger partial charge on any atom is -0.462 e. The molecular weight excluding hydrogens is 510 g/mol. The van der Waals surface area contributed by atoms with Gasteiger partial charge in [-0.1, -0.05) is 18.2 Å². The van der Waals surface area contributed by atoms with Gasteiger partial charge in [-0.25, -0.2) is 23.9 Å². The molecule has 1 aliphatic heterocycles. The average molecular weight is 538 g/mol. The predicted molar refractivity (Wildman–Crippen MR) is 129 cm³/mol. The summed E-state index contributed by atoms with van der Waals surface area (Å²) < 4.78 is 51.9. The number of nitrogens with one attached hydrogen (secondary N) is 1. The van der Waals surface area contributed by atoms with Gasteiger partial charge in [0.05, 0.1) is 19.0 Å². The number of aromatic nitrogens is 4. The zero-order chi connectivity index (χ0) is 26.7. The van der Waals surface area contributed by atoms with Crippen molar-refractivity contribution < 1.29 is 37.4 Å². The van der Waals surface area contributed by atoms with Crippen LogP contribution in [0.4, 0.5) is 10.2 Å². The summed E-state index contributed by atoms with van der Waals surface area (Å²) in [6.45, 7) is 4.24. The Morgan fingerprint density at radius 1 is 1.27 bits per heavy atom. The van der Waals surface area contributed by atoms with Gasteiger partial charge in [-0.05, 0) is 32.9 Å². The fraction of sp³-hybridized carbons (Fsp3) is 0.455. The van der Waals surface area contributed by atoms with E-state index in [0.29, 0.717) is 0 Å². The number of aliphatic hydroxyl groups excluding tert-OH is 1. The van der Waals surface area contributed by atoms with Gasteiger partial charge in [-0.15, -0.1) is 0 Å². The Morgan fingerprint density at radius 3 is 2.70 bits per heavy atom. The van der Waals surface area contributed by atoms with Crippen molar-refractivity contribution in [1.82, 2.24) is 24.6 Å². The molecule has 3 heterocycles. The number of halogens is 1. The van der Waals surface area contributed by atoms with Crippen LogP contribution in [0, 0.1) is 0 Å². The molecule has 6 unspecified atom stereocenters. The zero-order valence-electron chi connectivity index (χ0n) is 20.3. The van der Waals surface area contributed by atoms with Gasteiger partial charge in [0, 0.05) is 0 Å². The van der Waals surface area contributed by atoms with Crippen LogP contribution in [0.5, 0.6) is 5.75 Å². The van der Waals surface area contributed by atoms with E-state index in [1.807, 2.05) is 0 Å². The second-order valence-electron chi connectivity index (χ2n) is 8.62. The summed E-state index contributed by atoms with van der Waals surface area (Å²) in [6, 6.07) is 7.06. The quantitative estimate of drug-likeness (QED) is 0.254. The number of carbonyl (C=O) groups excluding carboxylic acids is 1. The highest BCUT2D eigenvalue weighted by Crippen LogP contribution is 2.46. The summed E-state index contributed by atoms with van der Waals surface area (Å²) in [5.41, 5.74) is 6.25. The summed E-state index contributed by atoms with van der Waals surface area (Å²) in [4.78, 5) is 24.3. The van der Waals surface area contributed by atoms with Crippen molar-refractivity contribution in [2.45, 2.75) is 57.5 Å². The van der Waals surface area contributed by atoms with Crippen molar-refractivity contribution >= 4 is 30.7 Å². The normalized spacial score (nSPS) is 24.2. The van der Waals surface area contributed by atoms with Crippen LogP contribution in [0.25, 0.3) is 11.2 Å². The highest BCUT2D eigenvalue weighted by atomic mass is 31.2. The van der Waals surface area contributed by atoms with E-state index in [1.165, 1.54) is 24.1 Å². The predicted octanol–water partition coefficient (Wildman–Crippen LogP) is 2.14. The molecule has 4 rings (SSSR count). The van der Waals surface area contributed by atoms with Gasteiger partial charge in [0.15, 0.2) is 23.9 Å². The molecule has 6 atom stereocenters. The first kappa shape index (κ1) is 26.9. The number of hydrogen-bond donors (Lipinski definition) is 3. The van der Waals surface area contributed by atoms with E-state index in [-0.39, 0.29) is 22.7 Å². The van der Waals surface area contributed by atoms with Crippen molar-refractivity contribution in [3.05, 3.63) is 43.0 Å². The molecule has 0 spiro atoms. The average Bonchev–Trinajstić information content (AvgIpc) is 3.40. The molecule has 1 aliphatic rings. The van der Waals surface area contributed by atoms with Crippen molar-refractivity contribution in [2.24, 2.45) is 0 Å². The van der Waals surface area contributed by atoms with E-state index >= 15 is 4.39 Å². The highest BCUT2D eigenvalue weighted by molar-refractivity contribution is 7.52. The topological polar surface area (TPSA) is 173 Å². The molecule has 0 aliphatic carbocycles. The maximum absolute atomic E-state index is 15.1. The largest absolute Gasteiger partial charge is 0.462 e. The minimum absolute atomic E-state index is 0.104. The first-order valence-corrected chi connectivity index (χ1v) is 13.0. The number of anilines is 1. The lowest BCUT2D eigenvalue weighted by Crippen LogP contribution is -2.37. The van der Waals surface area contributed by atoms with Gasteiger partial charge < -0.3 is 24.8 Å². The Kier molecular flexibility index (Phi) is 8.05. The van der Waals surface area contributed by atoms with E-state index in [4.69, 9.17) is 24.3 Å². The molecule has 0 saturated carbocycles. The second kappa shape index (κ2) is 11.1. The van der Waals surface area contributed by atoms with Crippen LogP contribution >= 0.6 is 7.75 Å². The molecular formula is C22H28FN6O7P. The number of aliphatic hydroxyl groups is 1. The van der Waals surface area contributed by atoms with Crippen LogP contribution in [0.1, 0.15) is 27.0 Å². The van der Waals surface area contributed by atoms with Gasteiger partial charge >= 0.3 is 13.7 Å². The van der Waals surface area contributed by atoms with Gasteiger partial charge in [0.25, 0.3) is 0 Å². The molecule has 4 N–H and O–H groups in total. The summed E-state index contributed by atoms with van der Waals surface area (Å²) in [5, 5.41) is 13.0. The Morgan fingerprint density at radius 2 is 2.00 bits per heavy atom. The van der Waals surface area contributed by atoms with Crippen molar-refractivity contribution in [3.8, 4) is 5.75 Å². The molecule has 2 aromatic heterocycles. The number of esters is 1. The van der Waals surface area contributed by atoms with Crippen molar-refractivity contribution in [2.75, 3.05) is 12.3 Å². The third kappa shape index (κ3) is 6.05. The molecule has 13 nitrogen and oxygen atoms in total. The molecule has 37 heavy (non-hydrogen) atoms. The SMILES string of the molecule is CC(C)OC(=O)C(C)NP(=O)(OCC1OC(n2cnc3c(N)ncnc32)C(F)C1O)Oc1ccccc1. The van der Waals surface area contributed by atoms with E-state index in [9.17, 15) is 14.5 Å². The second-order valence-corrected chi connectivity index (χ2v) is 10.3. The maximum atomic E-state index is 15.1. The lowest BCUT2D eigenvalue weighted by atomic mass is 10.1. The molecule has 1 saturated heterocycles.